The molecule has 4 heteroatoms. The van der Waals surface area contributed by atoms with Crippen LogP contribution >= 0.6 is 0 Å². The molecule has 1 aromatic rings. The van der Waals surface area contributed by atoms with Gasteiger partial charge in [0.05, 0.1) is 0 Å². The lowest BCUT2D eigenvalue weighted by Crippen LogP contribution is -2.39. The van der Waals surface area contributed by atoms with Crippen LogP contribution in [0, 0.1) is 0 Å². The fourth-order valence-electron chi connectivity index (χ4n) is 1.38. The number of imidazole rings is 1. The zero-order chi connectivity index (χ0) is 11.5. The van der Waals surface area contributed by atoms with E-state index in [0.29, 0.717) is 6.54 Å². The van der Waals surface area contributed by atoms with Gasteiger partial charge in [-0.2, -0.15) is 0 Å². The molecule has 0 amide bonds. The maximum absolute atomic E-state index is 9.94. The third kappa shape index (κ3) is 3.64. The molecule has 86 valence electrons. The SMILES string of the molecule is CCn1ccnc1C(O)CNC(C)(C)C. The van der Waals surface area contributed by atoms with E-state index in [1.54, 1.807) is 6.20 Å². The van der Waals surface area contributed by atoms with Crippen molar-refractivity contribution < 1.29 is 5.11 Å². The van der Waals surface area contributed by atoms with Gasteiger partial charge in [-0.25, -0.2) is 4.98 Å². The molecule has 0 aliphatic rings. The number of aryl methyl sites for hydroxylation is 1. The van der Waals surface area contributed by atoms with Gasteiger partial charge in [0.25, 0.3) is 0 Å². The van der Waals surface area contributed by atoms with Gasteiger partial charge in [-0.15, -0.1) is 0 Å². The second-order valence-corrected chi connectivity index (χ2v) is 4.72. The summed E-state index contributed by atoms with van der Waals surface area (Å²) in [6, 6.07) is 0. The zero-order valence-electron chi connectivity index (χ0n) is 9.99. The van der Waals surface area contributed by atoms with Crippen LogP contribution in [-0.2, 0) is 6.54 Å². The molecule has 1 rings (SSSR count). The lowest BCUT2D eigenvalue weighted by molar-refractivity contribution is 0.150. The summed E-state index contributed by atoms with van der Waals surface area (Å²) in [5.74, 6) is 0.731. The van der Waals surface area contributed by atoms with E-state index < -0.39 is 6.10 Å². The molecule has 0 fully saturated rings. The van der Waals surface area contributed by atoms with Crippen LogP contribution in [0.3, 0.4) is 0 Å². The summed E-state index contributed by atoms with van der Waals surface area (Å²) in [5, 5.41) is 13.2. The van der Waals surface area contributed by atoms with Crippen molar-refractivity contribution in [2.24, 2.45) is 0 Å². The quantitative estimate of drug-likeness (QED) is 0.790. The van der Waals surface area contributed by atoms with Gasteiger partial charge >= 0.3 is 0 Å². The highest BCUT2D eigenvalue weighted by Crippen LogP contribution is 2.11. The molecule has 0 spiro atoms. The molecule has 1 aromatic heterocycles. The van der Waals surface area contributed by atoms with Gasteiger partial charge in [0, 0.05) is 31.0 Å². The molecule has 4 nitrogen and oxygen atoms in total. The first-order chi connectivity index (χ1) is 6.94. The summed E-state index contributed by atoms with van der Waals surface area (Å²) in [5.41, 5.74) is 0.0185. The molecule has 0 aliphatic carbocycles. The maximum atomic E-state index is 9.94. The summed E-state index contributed by atoms with van der Waals surface area (Å²) >= 11 is 0. The first kappa shape index (κ1) is 12.2. The largest absolute Gasteiger partial charge is 0.384 e. The van der Waals surface area contributed by atoms with Crippen molar-refractivity contribution in [2.75, 3.05) is 6.54 Å². The second-order valence-electron chi connectivity index (χ2n) is 4.72. The van der Waals surface area contributed by atoms with Gasteiger partial charge in [0.15, 0.2) is 0 Å². The van der Waals surface area contributed by atoms with Crippen LogP contribution in [0.25, 0.3) is 0 Å². The fourth-order valence-corrected chi connectivity index (χ4v) is 1.38. The molecule has 0 saturated heterocycles. The van der Waals surface area contributed by atoms with E-state index in [4.69, 9.17) is 0 Å². The Bertz CT molecular complexity index is 301. The van der Waals surface area contributed by atoms with Gasteiger partial charge in [0.1, 0.15) is 11.9 Å². The standard InChI is InChI=1S/C11H21N3O/c1-5-14-7-6-12-10(14)9(15)8-13-11(2,3)4/h6-7,9,13,15H,5,8H2,1-4H3. The molecular formula is C11H21N3O. The average Bonchev–Trinajstić information content (AvgIpc) is 2.60. The number of aromatic nitrogens is 2. The van der Waals surface area contributed by atoms with Crippen molar-refractivity contribution in [1.29, 1.82) is 0 Å². The Morgan fingerprint density at radius 2 is 2.20 bits per heavy atom. The van der Waals surface area contributed by atoms with E-state index in [2.05, 4.69) is 31.1 Å². The third-order valence-corrected chi connectivity index (χ3v) is 2.21. The molecule has 0 saturated carbocycles. The van der Waals surface area contributed by atoms with E-state index in [9.17, 15) is 5.11 Å². The van der Waals surface area contributed by atoms with Crippen LogP contribution in [0.4, 0.5) is 0 Å². The average molecular weight is 211 g/mol. The van der Waals surface area contributed by atoms with Crippen molar-refractivity contribution in [3.05, 3.63) is 18.2 Å². The minimum Gasteiger partial charge on any atom is -0.384 e. The number of nitrogens with one attached hydrogen (secondary N) is 1. The summed E-state index contributed by atoms with van der Waals surface area (Å²) in [6.07, 6.45) is 3.06. The van der Waals surface area contributed by atoms with Crippen LogP contribution in [0.15, 0.2) is 12.4 Å². The van der Waals surface area contributed by atoms with Crippen molar-refractivity contribution >= 4 is 0 Å². The Labute approximate surface area is 91.3 Å². The third-order valence-electron chi connectivity index (χ3n) is 2.21. The second kappa shape index (κ2) is 4.77. The Hall–Kier alpha value is -0.870. The van der Waals surface area contributed by atoms with Crippen molar-refractivity contribution in [2.45, 2.75) is 45.9 Å². The fraction of sp³-hybridized carbons (Fsp3) is 0.727. The monoisotopic (exact) mass is 211 g/mol. The van der Waals surface area contributed by atoms with E-state index in [1.165, 1.54) is 0 Å². The molecule has 15 heavy (non-hydrogen) atoms. The van der Waals surface area contributed by atoms with Crippen LogP contribution in [0.2, 0.25) is 0 Å². The molecular weight excluding hydrogens is 190 g/mol. The normalized spacial score (nSPS) is 14.2. The van der Waals surface area contributed by atoms with Gasteiger partial charge in [-0.05, 0) is 27.7 Å². The first-order valence-electron chi connectivity index (χ1n) is 5.38. The van der Waals surface area contributed by atoms with Gasteiger partial charge < -0.3 is 15.0 Å². The number of hydrogen-bond acceptors (Lipinski definition) is 3. The first-order valence-corrected chi connectivity index (χ1v) is 5.38. The lowest BCUT2D eigenvalue weighted by Gasteiger charge is -2.22. The predicted molar refractivity (Wildman–Crippen MR) is 60.6 cm³/mol. The van der Waals surface area contributed by atoms with Crippen LogP contribution < -0.4 is 5.32 Å². The number of rotatable bonds is 4. The minimum absolute atomic E-state index is 0.0185. The highest BCUT2D eigenvalue weighted by molar-refractivity contribution is 4.97. The number of aliphatic hydroxyl groups is 1. The number of hydrogen-bond donors (Lipinski definition) is 2. The van der Waals surface area contributed by atoms with Gasteiger partial charge in [-0.1, -0.05) is 0 Å². The molecule has 0 aromatic carbocycles. The van der Waals surface area contributed by atoms with E-state index in [0.717, 1.165) is 12.4 Å². The molecule has 1 unspecified atom stereocenters. The van der Waals surface area contributed by atoms with Crippen LogP contribution in [0.5, 0.6) is 0 Å². The Morgan fingerprint density at radius 1 is 1.53 bits per heavy atom. The molecule has 2 N–H and O–H groups in total. The van der Waals surface area contributed by atoms with E-state index in [-0.39, 0.29) is 5.54 Å². The number of β-amino-alcohol motifs (C(OH)–C–C–N with tert-alkyl or cyclic N) is 1. The summed E-state index contributed by atoms with van der Waals surface area (Å²) in [6.45, 7) is 9.63. The highest BCUT2D eigenvalue weighted by Gasteiger charge is 2.16. The smallest absolute Gasteiger partial charge is 0.138 e. The molecule has 1 heterocycles. The van der Waals surface area contributed by atoms with E-state index in [1.807, 2.05) is 17.7 Å². The summed E-state index contributed by atoms with van der Waals surface area (Å²) in [7, 11) is 0. The van der Waals surface area contributed by atoms with E-state index >= 15 is 0 Å². The molecule has 1 atom stereocenters. The maximum Gasteiger partial charge on any atom is 0.138 e. The van der Waals surface area contributed by atoms with Crippen molar-refractivity contribution in [3.8, 4) is 0 Å². The Balaban J connectivity index is 2.57. The number of nitrogens with zero attached hydrogens (tertiary/aromatic N) is 2. The van der Waals surface area contributed by atoms with Crippen LogP contribution in [-0.4, -0.2) is 26.7 Å². The summed E-state index contributed by atoms with van der Waals surface area (Å²) in [4.78, 5) is 4.16. The predicted octanol–water partition coefficient (Wildman–Crippen LogP) is 1.32. The van der Waals surface area contributed by atoms with Gasteiger partial charge in [-0.3, -0.25) is 0 Å². The minimum atomic E-state index is -0.542. The highest BCUT2D eigenvalue weighted by atomic mass is 16.3. The zero-order valence-corrected chi connectivity index (χ0v) is 9.99. The van der Waals surface area contributed by atoms with Crippen molar-refractivity contribution in [3.63, 3.8) is 0 Å². The summed E-state index contributed by atoms with van der Waals surface area (Å²) < 4.78 is 1.95. The van der Waals surface area contributed by atoms with Crippen LogP contribution in [0.1, 0.15) is 39.6 Å². The number of aliphatic hydroxyl groups excluding tert-OH is 1. The molecule has 0 aliphatic heterocycles. The molecule has 0 bridgehead atoms. The Kier molecular flexibility index (Phi) is 3.88. The molecule has 0 radical (unpaired) electrons. The lowest BCUT2D eigenvalue weighted by atomic mass is 10.1. The van der Waals surface area contributed by atoms with Gasteiger partial charge in [0.2, 0.25) is 0 Å². The Morgan fingerprint density at radius 3 is 2.73 bits per heavy atom. The topological polar surface area (TPSA) is 50.1 Å². The van der Waals surface area contributed by atoms with Crippen molar-refractivity contribution in [1.82, 2.24) is 14.9 Å².